The first kappa shape index (κ1) is 17.8. The van der Waals surface area contributed by atoms with Crippen molar-refractivity contribution in [3.63, 3.8) is 0 Å². The number of nitrogens with one attached hydrogen (secondary N) is 1. The first-order valence-corrected chi connectivity index (χ1v) is 9.96. The Morgan fingerprint density at radius 2 is 2.14 bits per heavy atom. The fourth-order valence-electron chi connectivity index (χ4n) is 4.28. The van der Waals surface area contributed by atoms with Crippen molar-refractivity contribution < 1.29 is 4.42 Å². The molecule has 1 atom stereocenters. The molecule has 5 rings (SSSR count). The van der Waals surface area contributed by atoms with Gasteiger partial charge in [0, 0.05) is 48.7 Å². The summed E-state index contributed by atoms with van der Waals surface area (Å²) in [5.74, 6) is -0.0455. The average molecular weight is 386 g/mol. The van der Waals surface area contributed by atoms with E-state index in [2.05, 4.69) is 32.0 Å². The molecular formula is C23H22N4O2. The second kappa shape index (κ2) is 7.64. The molecule has 146 valence electrons. The summed E-state index contributed by atoms with van der Waals surface area (Å²) >= 11 is 0. The van der Waals surface area contributed by atoms with Crippen molar-refractivity contribution >= 4 is 11.1 Å². The Balaban J connectivity index is 1.36. The fourth-order valence-corrected chi connectivity index (χ4v) is 4.28. The summed E-state index contributed by atoms with van der Waals surface area (Å²) in [6.07, 6.45) is 7.80. The second-order valence-electron chi connectivity index (χ2n) is 7.61. The molecule has 0 bridgehead atoms. The van der Waals surface area contributed by atoms with Crippen molar-refractivity contribution in [2.45, 2.75) is 25.3 Å². The molecule has 1 aliphatic heterocycles. The van der Waals surface area contributed by atoms with Crippen LogP contribution in [0, 0.1) is 0 Å². The van der Waals surface area contributed by atoms with Crippen LogP contribution in [0.4, 0.5) is 0 Å². The minimum atomic E-state index is -0.391. The van der Waals surface area contributed by atoms with Crippen molar-refractivity contribution in [3.05, 3.63) is 82.7 Å². The minimum absolute atomic E-state index is 0.346. The van der Waals surface area contributed by atoms with E-state index in [4.69, 9.17) is 4.42 Å². The Bertz CT molecular complexity index is 1180. The van der Waals surface area contributed by atoms with Gasteiger partial charge in [0.15, 0.2) is 5.58 Å². The smallest absolute Gasteiger partial charge is 0.408 e. The standard InChI is InChI=1S/C23H22N4O2/c28-23-26-21-8-3-6-19(22(21)29-23)17-5-4-10-27(15-17)14-16-11-18(13-24-12-16)20-7-1-2-9-25-20/h1-3,6-9,11-13,17H,4-5,10,14-15H2,(H,26,28). The number of benzene rings is 1. The molecule has 1 unspecified atom stereocenters. The highest BCUT2D eigenvalue weighted by molar-refractivity contribution is 5.76. The molecule has 1 saturated heterocycles. The third kappa shape index (κ3) is 3.71. The number of aromatic nitrogens is 3. The molecule has 0 amide bonds. The van der Waals surface area contributed by atoms with Gasteiger partial charge in [0.25, 0.3) is 0 Å². The number of piperidine rings is 1. The van der Waals surface area contributed by atoms with Crippen LogP contribution >= 0.6 is 0 Å². The number of hydrogen-bond acceptors (Lipinski definition) is 5. The molecular weight excluding hydrogens is 364 g/mol. The van der Waals surface area contributed by atoms with Crippen LogP contribution in [0.3, 0.4) is 0 Å². The van der Waals surface area contributed by atoms with E-state index in [-0.39, 0.29) is 0 Å². The molecule has 29 heavy (non-hydrogen) atoms. The van der Waals surface area contributed by atoms with E-state index in [0.717, 1.165) is 54.8 Å². The van der Waals surface area contributed by atoms with E-state index in [1.807, 2.05) is 42.7 Å². The first-order valence-electron chi connectivity index (χ1n) is 9.96. The average Bonchev–Trinajstić information content (AvgIpc) is 3.15. The van der Waals surface area contributed by atoms with Crippen LogP contribution in [-0.2, 0) is 6.54 Å². The lowest BCUT2D eigenvalue weighted by Crippen LogP contribution is -2.34. The number of nitrogens with zero attached hydrogens (tertiary/aromatic N) is 3. The first-order chi connectivity index (χ1) is 14.3. The van der Waals surface area contributed by atoms with Gasteiger partial charge in [-0.25, -0.2) is 4.79 Å². The molecule has 4 heterocycles. The zero-order valence-electron chi connectivity index (χ0n) is 16.0. The number of oxazole rings is 1. The number of pyridine rings is 2. The summed E-state index contributed by atoms with van der Waals surface area (Å²) in [6, 6.07) is 14.0. The van der Waals surface area contributed by atoms with Crippen LogP contribution in [0.5, 0.6) is 0 Å². The quantitative estimate of drug-likeness (QED) is 0.575. The van der Waals surface area contributed by atoms with E-state index in [1.54, 1.807) is 6.20 Å². The minimum Gasteiger partial charge on any atom is -0.408 e. The lowest BCUT2D eigenvalue weighted by Gasteiger charge is -2.33. The van der Waals surface area contributed by atoms with Crippen LogP contribution in [-0.4, -0.2) is 32.9 Å². The highest BCUT2D eigenvalue weighted by Gasteiger charge is 2.24. The Labute approximate surface area is 168 Å². The summed E-state index contributed by atoms with van der Waals surface area (Å²) in [6.45, 7) is 2.83. The molecule has 4 aromatic rings. The van der Waals surface area contributed by atoms with Gasteiger partial charge in [-0.1, -0.05) is 18.2 Å². The summed E-state index contributed by atoms with van der Waals surface area (Å²) in [4.78, 5) is 25.7. The molecule has 1 aliphatic rings. The Kier molecular flexibility index (Phi) is 4.69. The van der Waals surface area contributed by atoms with E-state index < -0.39 is 5.76 Å². The van der Waals surface area contributed by atoms with Gasteiger partial charge in [-0.3, -0.25) is 19.9 Å². The fraction of sp³-hybridized carbons (Fsp3) is 0.261. The SMILES string of the molecule is O=c1[nH]c2cccc(C3CCCN(Cc4cncc(-c5ccccn5)c4)C3)c2o1. The number of aromatic amines is 1. The molecule has 1 fully saturated rings. The number of fused-ring (bicyclic) bond motifs is 1. The maximum Gasteiger partial charge on any atom is 0.417 e. The van der Waals surface area contributed by atoms with Crippen molar-refractivity contribution in [3.8, 4) is 11.3 Å². The van der Waals surface area contributed by atoms with Gasteiger partial charge in [-0.15, -0.1) is 0 Å². The summed E-state index contributed by atoms with van der Waals surface area (Å²) in [5.41, 5.74) is 5.74. The lowest BCUT2D eigenvalue weighted by atomic mass is 9.90. The Morgan fingerprint density at radius 1 is 1.17 bits per heavy atom. The van der Waals surface area contributed by atoms with Gasteiger partial charge in [0.2, 0.25) is 0 Å². The van der Waals surface area contributed by atoms with Crippen molar-refractivity contribution in [2.75, 3.05) is 13.1 Å². The van der Waals surface area contributed by atoms with Crippen molar-refractivity contribution in [1.29, 1.82) is 0 Å². The molecule has 0 spiro atoms. The van der Waals surface area contributed by atoms with Gasteiger partial charge in [0.05, 0.1) is 11.2 Å². The second-order valence-corrected chi connectivity index (χ2v) is 7.61. The maximum absolute atomic E-state index is 11.6. The van der Waals surface area contributed by atoms with Crippen LogP contribution in [0.1, 0.15) is 29.9 Å². The number of H-pyrrole nitrogens is 1. The predicted molar refractivity (Wildman–Crippen MR) is 112 cm³/mol. The number of hydrogen-bond donors (Lipinski definition) is 1. The van der Waals surface area contributed by atoms with E-state index >= 15 is 0 Å². The zero-order chi connectivity index (χ0) is 19.6. The van der Waals surface area contributed by atoms with Crippen LogP contribution in [0.25, 0.3) is 22.4 Å². The van der Waals surface area contributed by atoms with E-state index in [0.29, 0.717) is 11.5 Å². The summed E-state index contributed by atoms with van der Waals surface area (Å²) in [7, 11) is 0. The molecule has 0 radical (unpaired) electrons. The monoisotopic (exact) mass is 386 g/mol. The normalized spacial score (nSPS) is 17.6. The van der Waals surface area contributed by atoms with E-state index in [9.17, 15) is 4.79 Å². The highest BCUT2D eigenvalue weighted by atomic mass is 16.4. The topological polar surface area (TPSA) is 75.0 Å². The van der Waals surface area contributed by atoms with E-state index in [1.165, 1.54) is 5.56 Å². The van der Waals surface area contributed by atoms with Crippen LogP contribution < -0.4 is 5.76 Å². The molecule has 0 saturated carbocycles. The van der Waals surface area contributed by atoms with Gasteiger partial charge in [-0.2, -0.15) is 0 Å². The van der Waals surface area contributed by atoms with Crippen molar-refractivity contribution in [1.82, 2.24) is 19.9 Å². The highest BCUT2D eigenvalue weighted by Crippen LogP contribution is 2.32. The zero-order valence-corrected chi connectivity index (χ0v) is 16.0. The van der Waals surface area contributed by atoms with Crippen LogP contribution in [0.15, 0.2) is 70.3 Å². The summed E-state index contributed by atoms with van der Waals surface area (Å²) in [5, 5.41) is 0. The third-order valence-electron chi connectivity index (χ3n) is 5.58. The Hall–Kier alpha value is -3.25. The number of para-hydroxylation sites is 1. The molecule has 3 aromatic heterocycles. The Morgan fingerprint density at radius 3 is 3.03 bits per heavy atom. The van der Waals surface area contributed by atoms with Crippen molar-refractivity contribution in [2.24, 2.45) is 0 Å². The summed E-state index contributed by atoms with van der Waals surface area (Å²) < 4.78 is 5.42. The predicted octanol–water partition coefficient (Wildman–Crippen LogP) is 3.96. The molecule has 1 N–H and O–H groups in total. The largest absolute Gasteiger partial charge is 0.417 e. The maximum atomic E-state index is 11.6. The number of rotatable bonds is 4. The molecule has 1 aromatic carbocycles. The molecule has 0 aliphatic carbocycles. The van der Waals surface area contributed by atoms with Gasteiger partial charge < -0.3 is 4.42 Å². The van der Waals surface area contributed by atoms with Gasteiger partial charge in [0.1, 0.15) is 0 Å². The third-order valence-corrected chi connectivity index (χ3v) is 5.58. The lowest BCUT2D eigenvalue weighted by molar-refractivity contribution is 0.200. The molecule has 6 heteroatoms. The van der Waals surface area contributed by atoms with Gasteiger partial charge >= 0.3 is 5.76 Å². The number of likely N-dealkylation sites (tertiary alicyclic amines) is 1. The molecule has 6 nitrogen and oxygen atoms in total. The van der Waals surface area contributed by atoms with Gasteiger partial charge in [-0.05, 0) is 49.2 Å². The van der Waals surface area contributed by atoms with Crippen LogP contribution in [0.2, 0.25) is 0 Å².